The molecule has 0 radical (unpaired) electrons. The van der Waals surface area contributed by atoms with E-state index in [9.17, 15) is 8.42 Å². The first kappa shape index (κ1) is 16.4. The van der Waals surface area contributed by atoms with Gasteiger partial charge in [0.1, 0.15) is 0 Å². The molecule has 0 saturated carbocycles. The van der Waals surface area contributed by atoms with Gasteiger partial charge in [0.15, 0.2) is 0 Å². The second-order valence-corrected chi connectivity index (χ2v) is 7.83. The fourth-order valence-electron chi connectivity index (χ4n) is 2.69. The van der Waals surface area contributed by atoms with Crippen molar-refractivity contribution in [2.75, 3.05) is 34.2 Å². The topological polar surface area (TPSA) is 52.7 Å². The molecule has 5 nitrogen and oxygen atoms in total. The van der Waals surface area contributed by atoms with Crippen LogP contribution in [0.25, 0.3) is 0 Å². The Bertz CT molecular complexity index is 599. The highest BCUT2D eigenvalue weighted by Crippen LogP contribution is 2.24. The molecular weight excluding hydrogens is 286 g/mol. The predicted molar refractivity (Wildman–Crippen MR) is 84.8 cm³/mol. The van der Waals surface area contributed by atoms with Crippen LogP contribution in [-0.4, -0.2) is 57.9 Å². The van der Waals surface area contributed by atoms with Crippen LogP contribution in [0.3, 0.4) is 0 Å². The van der Waals surface area contributed by atoms with Crippen LogP contribution < -0.4 is 5.32 Å². The fourth-order valence-corrected chi connectivity index (χ4v) is 4.23. The fraction of sp³-hybridized carbons (Fsp3) is 0.600. The highest BCUT2D eigenvalue weighted by Gasteiger charge is 2.33. The maximum absolute atomic E-state index is 12.8. The van der Waals surface area contributed by atoms with Crippen molar-refractivity contribution in [3.05, 3.63) is 29.3 Å². The van der Waals surface area contributed by atoms with Gasteiger partial charge in [0, 0.05) is 25.7 Å². The second-order valence-electron chi connectivity index (χ2n) is 5.89. The summed E-state index contributed by atoms with van der Waals surface area (Å²) in [6, 6.07) is 5.71. The maximum atomic E-state index is 12.8. The van der Waals surface area contributed by atoms with Crippen molar-refractivity contribution in [2.24, 2.45) is 0 Å². The summed E-state index contributed by atoms with van der Waals surface area (Å²) in [6.07, 6.45) is 0.890. The second kappa shape index (κ2) is 6.44. The summed E-state index contributed by atoms with van der Waals surface area (Å²) < 4.78 is 27.1. The Kier molecular flexibility index (Phi) is 5.03. The third kappa shape index (κ3) is 3.45. The van der Waals surface area contributed by atoms with E-state index in [0.717, 1.165) is 17.5 Å². The zero-order valence-corrected chi connectivity index (χ0v) is 14.1. The molecule has 1 aromatic carbocycles. The summed E-state index contributed by atoms with van der Waals surface area (Å²) in [7, 11) is 2.48. The smallest absolute Gasteiger partial charge is 0.243 e. The number of hydrogen-bond acceptors (Lipinski definition) is 4. The average molecular weight is 311 g/mol. The number of nitrogens with one attached hydrogen (secondary N) is 1. The third-order valence-corrected chi connectivity index (χ3v) is 6.04. The zero-order chi connectivity index (χ0) is 15.6. The molecule has 0 aliphatic carbocycles. The van der Waals surface area contributed by atoms with Gasteiger partial charge in [-0.1, -0.05) is 6.07 Å². The van der Waals surface area contributed by atoms with Gasteiger partial charge in [0.2, 0.25) is 10.0 Å². The largest absolute Gasteiger partial charge is 0.316 e. The van der Waals surface area contributed by atoms with E-state index in [-0.39, 0.29) is 0 Å². The molecule has 0 spiro atoms. The first-order chi connectivity index (χ1) is 9.86. The molecule has 6 heteroatoms. The maximum Gasteiger partial charge on any atom is 0.243 e. The van der Waals surface area contributed by atoms with Crippen LogP contribution in [0.15, 0.2) is 23.1 Å². The van der Waals surface area contributed by atoms with E-state index in [1.54, 1.807) is 16.4 Å². The lowest BCUT2D eigenvalue weighted by Gasteiger charge is -2.20. The minimum Gasteiger partial charge on any atom is -0.316 e. The number of likely N-dealkylation sites (N-methyl/N-ethyl adjacent to an activating group) is 1. The van der Waals surface area contributed by atoms with Gasteiger partial charge in [-0.15, -0.1) is 0 Å². The molecule has 1 aliphatic rings. The van der Waals surface area contributed by atoms with Gasteiger partial charge < -0.3 is 10.2 Å². The van der Waals surface area contributed by atoms with Gasteiger partial charge in [-0.25, -0.2) is 8.42 Å². The van der Waals surface area contributed by atoms with Crippen LogP contribution in [0.5, 0.6) is 0 Å². The van der Waals surface area contributed by atoms with E-state index in [1.165, 1.54) is 0 Å². The van der Waals surface area contributed by atoms with E-state index in [2.05, 4.69) is 10.2 Å². The summed E-state index contributed by atoms with van der Waals surface area (Å²) in [5.41, 5.74) is 2.14. The lowest BCUT2D eigenvalue weighted by molar-refractivity contribution is 0.302. The first-order valence-corrected chi connectivity index (χ1v) is 8.71. The standard InChI is InChI=1S/C15H25N3O2S/c1-12-5-6-15(9-13(12)10-16-2)21(19,20)18-8-7-14(11-18)17(3)4/h5-6,9,14,16H,7-8,10-11H2,1-4H3. The number of aryl methyl sites for hydroxylation is 1. The first-order valence-electron chi connectivity index (χ1n) is 7.27. The summed E-state index contributed by atoms with van der Waals surface area (Å²) >= 11 is 0. The van der Waals surface area contributed by atoms with Crippen LogP contribution in [0, 0.1) is 6.92 Å². The van der Waals surface area contributed by atoms with Gasteiger partial charge in [-0.3, -0.25) is 0 Å². The SMILES string of the molecule is CNCc1cc(S(=O)(=O)N2CCC(N(C)C)C2)ccc1C. The minimum atomic E-state index is -3.38. The summed E-state index contributed by atoms with van der Waals surface area (Å²) in [5, 5.41) is 3.08. The van der Waals surface area contributed by atoms with Crippen molar-refractivity contribution < 1.29 is 8.42 Å². The van der Waals surface area contributed by atoms with Crippen LogP contribution in [-0.2, 0) is 16.6 Å². The molecule has 1 heterocycles. The molecule has 1 aromatic rings. The Labute approximate surface area is 128 Å². The molecule has 0 amide bonds. The Hall–Kier alpha value is -0.950. The van der Waals surface area contributed by atoms with Crippen LogP contribution in [0.4, 0.5) is 0 Å². The molecule has 1 saturated heterocycles. The van der Waals surface area contributed by atoms with E-state index in [4.69, 9.17) is 0 Å². The Balaban J connectivity index is 2.26. The van der Waals surface area contributed by atoms with Crippen LogP contribution >= 0.6 is 0 Å². The predicted octanol–water partition coefficient (Wildman–Crippen LogP) is 1.04. The summed E-state index contributed by atoms with van der Waals surface area (Å²) in [4.78, 5) is 2.50. The normalized spacial score (nSPS) is 20.3. The molecule has 1 fully saturated rings. The molecule has 118 valence electrons. The van der Waals surface area contributed by atoms with E-state index >= 15 is 0 Å². The monoisotopic (exact) mass is 311 g/mol. The van der Waals surface area contributed by atoms with Crippen LogP contribution in [0.2, 0.25) is 0 Å². The van der Waals surface area contributed by atoms with Gasteiger partial charge >= 0.3 is 0 Å². The van der Waals surface area contributed by atoms with Crippen molar-refractivity contribution in [1.82, 2.24) is 14.5 Å². The average Bonchev–Trinajstić information content (AvgIpc) is 2.92. The lowest BCUT2D eigenvalue weighted by Crippen LogP contribution is -2.34. The Morgan fingerprint density at radius 3 is 2.67 bits per heavy atom. The van der Waals surface area contributed by atoms with Crippen molar-refractivity contribution in [1.29, 1.82) is 0 Å². The molecule has 0 aromatic heterocycles. The highest BCUT2D eigenvalue weighted by atomic mass is 32.2. The van der Waals surface area contributed by atoms with Gasteiger partial charge in [-0.2, -0.15) is 4.31 Å². The van der Waals surface area contributed by atoms with Crippen molar-refractivity contribution in [3.8, 4) is 0 Å². The van der Waals surface area contributed by atoms with E-state index < -0.39 is 10.0 Å². The van der Waals surface area contributed by atoms with Gasteiger partial charge in [0.05, 0.1) is 4.90 Å². The van der Waals surface area contributed by atoms with E-state index in [1.807, 2.05) is 34.1 Å². The minimum absolute atomic E-state index is 0.307. The van der Waals surface area contributed by atoms with Crippen molar-refractivity contribution >= 4 is 10.0 Å². The summed E-state index contributed by atoms with van der Waals surface area (Å²) in [5.74, 6) is 0. The summed E-state index contributed by atoms with van der Waals surface area (Å²) in [6.45, 7) is 3.85. The van der Waals surface area contributed by atoms with E-state index in [0.29, 0.717) is 30.6 Å². The zero-order valence-electron chi connectivity index (χ0n) is 13.3. The van der Waals surface area contributed by atoms with Gasteiger partial charge in [-0.05, 0) is 57.7 Å². The lowest BCUT2D eigenvalue weighted by atomic mass is 10.1. The molecular formula is C15H25N3O2S. The molecule has 2 rings (SSSR count). The molecule has 1 aliphatic heterocycles. The number of nitrogens with zero attached hydrogens (tertiary/aromatic N) is 2. The number of sulfonamides is 1. The Morgan fingerprint density at radius 1 is 1.38 bits per heavy atom. The molecule has 0 bridgehead atoms. The molecule has 1 N–H and O–H groups in total. The molecule has 1 unspecified atom stereocenters. The Morgan fingerprint density at radius 2 is 2.10 bits per heavy atom. The third-order valence-electron chi connectivity index (χ3n) is 4.18. The number of hydrogen-bond donors (Lipinski definition) is 1. The van der Waals surface area contributed by atoms with Crippen molar-refractivity contribution in [2.45, 2.75) is 30.8 Å². The number of benzene rings is 1. The quantitative estimate of drug-likeness (QED) is 0.883. The van der Waals surface area contributed by atoms with Gasteiger partial charge in [0.25, 0.3) is 0 Å². The number of rotatable bonds is 5. The highest BCUT2D eigenvalue weighted by molar-refractivity contribution is 7.89. The molecule has 1 atom stereocenters. The van der Waals surface area contributed by atoms with Crippen LogP contribution in [0.1, 0.15) is 17.5 Å². The molecule has 21 heavy (non-hydrogen) atoms. The van der Waals surface area contributed by atoms with Crippen molar-refractivity contribution in [3.63, 3.8) is 0 Å².